The number of carbonyl (C=O) groups excluding carboxylic acids is 1. The van der Waals surface area contributed by atoms with E-state index in [1.807, 2.05) is 0 Å². The van der Waals surface area contributed by atoms with E-state index in [0.717, 1.165) is 43.5 Å². The van der Waals surface area contributed by atoms with Gasteiger partial charge < -0.3 is 20.1 Å². The molecule has 3 rings (SSSR count). The van der Waals surface area contributed by atoms with Crippen LogP contribution in [-0.4, -0.2) is 49.6 Å². The molecule has 0 aliphatic carbocycles. The van der Waals surface area contributed by atoms with Crippen molar-refractivity contribution in [1.82, 2.24) is 4.90 Å². The predicted molar refractivity (Wildman–Crippen MR) is 133 cm³/mol. The van der Waals surface area contributed by atoms with Gasteiger partial charge in [0.2, 0.25) is 0 Å². The van der Waals surface area contributed by atoms with Gasteiger partial charge in [0, 0.05) is 6.54 Å². The Morgan fingerprint density at radius 2 is 1.92 bits per heavy atom. The van der Waals surface area contributed by atoms with Crippen LogP contribution in [0, 0.1) is 11.3 Å². The number of ether oxygens (including phenoxy) is 2. The summed E-state index contributed by atoms with van der Waals surface area (Å²) in [6, 6.07) is 9.26. The number of nitriles is 1. The molecule has 0 saturated carbocycles. The first-order valence-electron chi connectivity index (χ1n) is 11.1. The fourth-order valence-electron chi connectivity index (χ4n) is 3.60. The van der Waals surface area contributed by atoms with Gasteiger partial charge in [-0.2, -0.15) is 18.4 Å². The SMILES string of the molecule is COc1cc(/C=C(/C=O)SC(N)=NCCN2CCCC2)ccc1Oc1ccc(C#N)cc1C(F)(F)F. The predicted octanol–water partition coefficient (Wildman–Crippen LogP) is 5.06. The molecule has 2 aromatic rings. The summed E-state index contributed by atoms with van der Waals surface area (Å²) in [4.78, 5) is 18.5. The summed E-state index contributed by atoms with van der Waals surface area (Å²) in [7, 11) is 1.35. The molecule has 1 saturated heterocycles. The molecule has 190 valence electrons. The molecular weight excluding hydrogens is 493 g/mol. The summed E-state index contributed by atoms with van der Waals surface area (Å²) < 4.78 is 51.2. The van der Waals surface area contributed by atoms with Crippen molar-refractivity contribution in [1.29, 1.82) is 5.26 Å². The van der Waals surface area contributed by atoms with E-state index in [-0.39, 0.29) is 22.2 Å². The van der Waals surface area contributed by atoms with Crippen molar-refractivity contribution in [2.24, 2.45) is 10.7 Å². The van der Waals surface area contributed by atoms with Gasteiger partial charge in [-0.25, -0.2) is 0 Å². The Labute approximate surface area is 211 Å². The minimum Gasteiger partial charge on any atom is -0.493 e. The fourth-order valence-corrected chi connectivity index (χ4v) is 4.24. The lowest BCUT2D eigenvalue weighted by Crippen LogP contribution is -2.23. The zero-order valence-electron chi connectivity index (χ0n) is 19.5. The van der Waals surface area contributed by atoms with Gasteiger partial charge in [0.1, 0.15) is 5.75 Å². The lowest BCUT2D eigenvalue weighted by atomic mass is 10.1. The largest absolute Gasteiger partial charge is 0.493 e. The summed E-state index contributed by atoms with van der Waals surface area (Å²) in [5.41, 5.74) is 5.30. The van der Waals surface area contributed by atoms with Crippen LogP contribution in [0.2, 0.25) is 0 Å². The van der Waals surface area contributed by atoms with E-state index in [1.54, 1.807) is 18.2 Å². The second-order valence-corrected chi connectivity index (χ2v) is 8.96. The maximum Gasteiger partial charge on any atom is 0.420 e. The maximum atomic E-state index is 13.5. The normalized spacial score (nSPS) is 15.0. The average Bonchev–Trinajstić information content (AvgIpc) is 3.37. The van der Waals surface area contributed by atoms with Crippen LogP contribution in [0.3, 0.4) is 0 Å². The highest BCUT2D eigenvalue weighted by molar-refractivity contribution is 8.17. The zero-order chi connectivity index (χ0) is 26.1. The number of nitrogens with two attached hydrogens (primary N) is 1. The Morgan fingerprint density at radius 3 is 2.56 bits per heavy atom. The van der Waals surface area contributed by atoms with Gasteiger partial charge in [-0.3, -0.25) is 9.79 Å². The third-order valence-electron chi connectivity index (χ3n) is 5.35. The number of methoxy groups -OCH3 is 1. The number of allylic oxidation sites excluding steroid dienone is 1. The molecule has 1 aliphatic heterocycles. The Bertz CT molecular complexity index is 1190. The number of thioether (sulfide) groups is 1. The smallest absolute Gasteiger partial charge is 0.420 e. The van der Waals surface area contributed by atoms with Crippen LogP contribution in [0.5, 0.6) is 17.2 Å². The summed E-state index contributed by atoms with van der Waals surface area (Å²) in [6.45, 7) is 3.48. The number of likely N-dealkylation sites (tertiary alicyclic amines) is 1. The number of rotatable bonds is 9. The van der Waals surface area contributed by atoms with Crippen LogP contribution in [0.15, 0.2) is 46.3 Å². The molecule has 36 heavy (non-hydrogen) atoms. The van der Waals surface area contributed by atoms with Gasteiger partial charge in [0.15, 0.2) is 23.0 Å². The summed E-state index contributed by atoms with van der Waals surface area (Å²) in [6.07, 6.45) is -0.122. The average molecular weight is 519 g/mol. The van der Waals surface area contributed by atoms with Crippen LogP contribution in [0.25, 0.3) is 6.08 Å². The first-order valence-corrected chi connectivity index (χ1v) is 11.9. The van der Waals surface area contributed by atoms with Crippen LogP contribution in [0.4, 0.5) is 13.2 Å². The summed E-state index contributed by atoms with van der Waals surface area (Å²) in [5.74, 6) is -0.276. The van der Waals surface area contributed by atoms with E-state index in [0.29, 0.717) is 23.3 Å². The van der Waals surface area contributed by atoms with Crippen molar-refractivity contribution in [2.45, 2.75) is 19.0 Å². The number of nitrogens with zero attached hydrogens (tertiary/aromatic N) is 3. The number of carbonyl (C=O) groups is 1. The number of aldehydes is 1. The molecule has 7 nitrogen and oxygen atoms in total. The molecule has 11 heteroatoms. The van der Waals surface area contributed by atoms with E-state index >= 15 is 0 Å². The molecule has 1 aliphatic rings. The van der Waals surface area contributed by atoms with E-state index in [4.69, 9.17) is 20.5 Å². The number of benzene rings is 2. The molecule has 0 spiro atoms. The highest BCUT2D eigenvalue weighted by Gasteiger charge is 2.35. The Kier molecular flexibility index (Phi) is 9.38. The number of halogens is 3. The van der Waals surface area contributed by atoms with Gasteiger partial charge in [0.25, 0.3) is 0 Å². The van der Waals surface area contributed by atoms with Crippen molar-refractivity contribution >= 4 is 29.3 Å². The number of hydrogen-bond donors (Lipinski definition) is 1. The van der Waals surface area contributed by atoms with E-state index < -0.39 is 17.5 Å². The van der Waals surface area contributed by atoms with Crippen LogP contribution >= 0.6 is 11.8 Å². The number of amidine groups is 1. The minimum absolute atomic E-state index is 0.0353. The highest BCUT2D eigenvalue weighted by atomic mass is 32.2. The third kappa shape index (κ3) is 7.50. The Hall–Kier alpha value is -3.49. The van der Waals surface area contributed by atoms with Gasteiger partial charge in [-0.05, 0) is 79.7 Å². The fraction of sp³-hybridized carbons (Fsp3) is 0.320. The van der Waals surface area contributed by atoms with Crippen molar-refractivity contribution < 1.29 is 27.4 Å². The third-order valence-corrected chi connectivity index (χ3v) is 6.14. The lowest BCUT2D eigenvalue weighted by Gasteiger charge is -2.16. The van der Waals surface area contributed by atoms with Gasteiger partial charge in [-0.15, -0.1) is 0 Å². The number of hydrogen-bond acceptors (Lipinski definition) is 7. The molecule has 0 aromatic heterocycles. The molecule has 1 heterocycles. The summed E-state index contributed by atoms with van der Waals surface area (Å²) >= 11 is 1.03. The van der Waals surface area contributed by atoms with Crippen molar-refractivity contribution in [2.75, 3.05) is 33.3 Å². The number of aliphatic imine (C=N–C) groups is 1. The van der Waals surface area contributed by atoms with Crippen LogP contribution in [0.1, 0.15) is 29.5 Å². The lowest BCUT2D eigenvalue weighted by molar-refractivity contribution is -0.138. The van der Waals surface area contributed by atoms with E-state index in [2.05, 4.69) is 9.89 Å². The topological polar surface area (TPSA) is 101 Å². The molecule has 0 radical (unpaired) electrons. The van der Waals surface area contributed by atoms with E-state index in [1.165, 1.54) is 38.2 Å². The minimum atomic E-state index is -4.72. The standard InChI is InChI=1S/C25H25F3N4O3S/c1-34-23-14-17(12-19(16-33)36-24(30)31-8-11-32-9-2-3-10-32)4-7-22(23)35-21-6-5-18(15-29)13-20(21)25(26,27)28/h4-7,12-14,16H,2-3,8-11H2,1H3,(H2,30,31)/b19-12-. The second kappa shape index (κ2) is 12.5. The van der Waals surface area contributed by atoms with Gasteiger partial charge >= 0.3 is 6.18 Å². The van der Waals surface area contributed by atoms with Crippen molar-refractivity contribution in [3.05, 3.63) is 58.0 Å². The first kappa shape index (κ1) is 27.1. The highest BCUT2D eigenvalue weighted by Crippen LogP contribution is 2.41. The zero-order valence-corrected chi connectivity index (χ0v) is 20.4. The molecule has 0 amide bonds. The van der Waals surface area contributed by atoms with Crippen LogP contribution < -0.4 is 15.2 Å². The second-order valence-electron chi connectivity index (χ2n) is 7.87. The molecule has 2 aromatic carbocycles. The summed E-state index contributed by atoms with van der Waals surface area (Å²) in [5, 5.41) is 9.19. The molecule has 1 fully saturated rings. The Balaban J connectivity index is 1.75. The molecule has 0 unspecified atom stereocenters. The first-order chi connectivity index (χ1) is 17.2. The molecular formula is C25H25F3N4O3S. The molecule has 0 atom stereocenters. The van der Waals surface area contributed by atoms with Crippen molar-refractivity contribution in [3.8, 4) is 23.3 Å². The molecule has 0 bridgehead atoms. The van der Waals surface area contributed by atoms with Crippen molar-refractivity contribution in [3.63, 3.8) is 0 Å². The van der Waals surface area contributed by atoms with Gasteiger partial charge in [-0.1, -0.05) is 6.07 Å². The quantitative estimate of drug-likeness (QED) is 0.214. The van der Waals surface area contributed by atoms with E-state index in [9.17, 15) is 18.0 Å². The Morgan fingerprint density at radius 1 is 1.19 bits per heavy atom. The molecule has 2 N–H and O–H groups in total. The number of alkyl halides is 3. The maximum absolute atomic E-state index is 13.5. The van der Waals surface area contributed by atoms with Gasteiger partial charge in [0.05, 0.1) is 35.8 Å². The van der Waals surface area contributed by atoms with Crippen LogP contribution in [-0.2, 0) is 11.0 Å². The monoisotopic (exact) mass is 518 g/mol.